The molecule has 5 nitrogen and oxygen atoms in total. The van der Waals surface area contributed by atoms with E-state index in [1.54, 1.807) is 24.3 Å². The van der Waals surface area contributed by atoms with Crippen molar-refractivity contribution in [3.8, 4) is 0 Å². The highest BCUT2D eigenvalue weighted by Crippen LogP contribution is 2.26. The molecule has 3 rings (SSSR count). The van der Waals surface area contributed by atoms with Crippen molar-refractivity contribution in [2.24, 2.45) is 0 Å². The summed E-state index contributed by atoms with van der Waals surface area (Å²) < 4.78 is 0. The molecule has 0 aromatic heterocycles. The van der Waals surface area contributed by atoms with E-state index in [1.165, 1.54) is 5.56 Å². The lowest BCUT2D eigenvalue weighted by molar-refractivity contribution is -0.119. The number of nitrogens with zero attached hydrogens (tertiary/aromatic N) is 1. The zero-order chi connectivity index (χ0) is 16.9. The molecule has 0 fully saturated rings. The van der Waals surface area contributed by atoms with E-state index in [0.717, 1.165) is 24.2 Å². The lowest BCUT2D eigenvalue weighted by Crippen LogP contribution is -2.37. The Morgan fingerprint density at radius 1 is 1.08 bits per heavy atom. The van der Waals surface area contributed by atoms with Crippen molar-refractivity contribution in [1.29, 1.82) is 0 Å². The Kier molecular flexibility index (Phi) is 4.79. The summed E-state index contributed by atoms with van der Waals surface area (Å²) in [5.41, 5.74) is 3.73. The maximum Gasteiger partial charge on any atom is 0.335 e. The first-order chi connectivity index (χ1) is 11.6. The van der Waals surface area contributed by atoms with Gasteiger partial charge in [0.15, 0.2) is 0 Å². The molecule has 0 aliphatic carbocycles. The van der Waals surface area contributed by atoms with Crippen molar-refractivity contribution in [2.75, 3.05) is 24.5 Å². The molecule has 0 saturated carbocycles. The molecule has 5 heteroatoms. The molecule has 1 aliphatic heterocycles. The summed E-state index contributed by atoms with van der Waals surface area (Å²) in [5.74, 6) is -0.922. The van der Waals surface area contributed by atoms with E-state index in [-0.39, 0.29) is 11.5 Å². The number of hydrogen-bond acceptors (Lipinski definition) is 3. The Hall–Kier alpha value is -2.82. The van der Waals surface area contributed by atoms with Crippen LogP contribution in [0.4, 0.5) is 5.69 Å². The predicted molar refractivity (Wildman–Crippen MR) is 92.5 cm³/mol. The average molecular weight is 324 g/mol. The first-order valence-electron chi connectivity index (χ1n) is 8.05. The van der Waals surface area contributed by atoms with Gasteiger partial charge in [0.05, 0.1) is 12.1 Å². The van der Waals surface area contributed by atoms with E-state index < -0.39 is 5.97 Å². The molecule has 2 N–H and O–H groups in total. The first-order valence-corrected chi connectivity index (χ1v) is 8.05. The third-order valence-electron chi connectivity index (χ3n) is 4.25. The third-order valence-corrected chi connectivity index (χ3v) is 4.25. The number of benzene rings is 2. The van der Waals surface area contributed by atoms with Gasteiger partial charge in [-0.3, -0.25) is 4.79 Å². The molecule has 124 valence electrons. The van der Waals surface area contributed by atoms with Gasteiger partial charge in [-0.2, -0.15) is 0 Å². The van der Waals surface area contributed by atoms with Crippen LogP contribution in [0.1, 0.15) is 21.5 Å². The standard InChI is InChI=1S/C19H20N2O3/c22-18(13-21-12-10-15-3-1-2-4-17(15)21)20-11-9-14-5-7-16(8-6-14)19(23)24/h1-8H,9-13H2,(H,20,22)(H,23,24). The molecule has 1 heterocycles. The number of carbonyl (C=O) groups is 2. The second-order valence-corrected chi connectivity index (χ2v) is 5.90. The number of carboxylic acids is 1. The van der Waals surface area contributed by atoms with E-state index in [2.05, 4.69) is 22.3 Å². The summed E-state index contributed by atoms with van der Waals surface area (Å²) in [6.45, 7) is 1.79. The normalized spacial score (nSPS) is 12.8. The van der Waals surface area contributed by atoms with Crippen molar-refractivity contribution in [3.05, 3.63) is 65.2 Å². The SMILES string of the molecule is O=C(CN1CCc2ccccc21)NCCc1ccc(C(=O)O)cc1. The fourth-order valence-electron chi connectivity index (χ4n) is 2.96. The van der Waals surface area contributed by atoms with Crippen LogP contribution in [0.2, 0.25) is 0 Å². The van der Waals surface area contributed by atoms with Crippen LogP contribution in [0, 0.1) is 0 Å². The van der Waals surface area contributed by atoms with Gasteiger partial charge in [-0.25, -0.2) is 4.79 Å². The summed E-state index contributed by atoms with van der Waals surface area (Å²) in [7, 11) is 0. The molecule has 0 bridgehead atoms. The second-order valence-electron chi connectivity index (χ2n) is 5.90. The molecule has 0 atom stereocenters. The summed E-state index contributed by atoms with van der Waals surface area (Å²) in [6.07, 6.45) is 1.67. The van der Waals surface area contributed by atoms with Crippen LogP contribution < -0.4 is 10.2 Å². The second kappa shape index (κ2) is 7.17. The van der Waals surface area contributed by atoms with E-state index >= 15 is 0 Å². The minimum Gasteiger partial charge on any atom is -0.478 e. The Balaban J connectivity index is 1.46. The van der Waals surface area contributed by atoms with E-state index in [9.17, 15) is 9.59 Å². The van der Waals surface area contributed by atoms with Crippen molar-refractivity contribution >= 4 is 17.6 Å². The van der Waals surface area contributed by atoms with Gasteiger partial charge < -0.3 is 15.3 Å². The lowest BCUT2D eigenvalue weighted by atomic mass is 10.1. The van der Waals surface area contributed by atoms with Crippen molar-refractivity contribution in [1.82, 2.24) is 5.32 Å². The number of carboxylic acid groups (broad SMARTS) is 1. The number of anilines is 1. The molecule has 0 radical (unpaired) electrons. The van der Waals surface area contributed by atoms with Crippen LogP contribution in [-0.4, -0.2) is 36.6 Å². The van der Waals surface area contributed by atoms with E-state index in [1.807, 2.05) is 12.1 Å². The van der Waals surface area contributed by atoms with E-state index in [0.29, 0.717) is 19.5 Å². The van der Waals surface area contributed by atoms with Gasteiger partial charge >= 0.3 is 5.97 Å². The number of hydrogen-bond donors (Lipinski definition) is 2. The zero-order valence-corrected chi connectivity index (χ0v) is 13.4. The van der Waals surface area contributed by atoms with Gasteiger partial charge in [0, 0.05) is 18.8 Å². The fourth-order valence-corrected chi connectivity index (χ4v) is 2.96. The fraction of sp³-hybridized carbons (Fsp3) is 0.263. The monoisotopic (exact) mass is 324 g/mol. The molecular weight excluding hydrogens is 304 g/mol. The van der Waals surface area contributed by atoms with Gasteiger partial charge in [-0.15, -0.1) is 0 Å². The lowest BCUT2D eigenvalue weighted by Gasteiger charge is -2.18. The third kappa shape index (κ3) is 3.74. The van der Waals surface area contributed by atoms with Gasteiger partial charge in [0.2, 0.25) is 5.91 Å². The van der Waals surface area contributed by atoms with Crippen LogP contribution in [0.5, 0.6) is 0 Å². The summed E-state index contributed by atoms with van der Waals surface area (Å²) >= 11 is 0. The number of fused-ring (bicyclic) bond motifs is 1. The molecule has 0 saturated heterocycles. The number of rotatable bonds is 6. The number of para-hydroxylation sites is 1. The predicted octanol–water partition coefficient (Wildman–Crippen LogP) is 2.11. The summed E-state index contributed by atoms with van der Waals surface area (Å²) in [6, 6.07) is 14.9. The largest absolute Gasteiger partial charge is 0.478 e. The van der Waals surface area contributed by atoms with Crippen LogP contribution in [0.25, 0.3) is 0 Å². The van der Waals surface area contributed by atoms with Crippen LogP contribution in [0.15, 0.2) is 48.5 Å². The van der Waals surface area contributed by atoms with Crippen molar-refractivity contribution in [2.45, 2.75) is 12.8 Å². The minimum absolute atomic E-state index is 0.00820. The zero-order valence-electron chi connectivity index (χ0n) is 13.4. The number of carbonyl (C=O) groups excluding carboxylic acids is 1. The molecule has 24 heavy (non-hydrogen) atoms. The highest BCUT2D eigenvalue weighted by molar-refractivity contribution is 5.87. The Labute approximate surface area is 140 Å². The molecule has 0 unspecified atom stereocenters. The first kappa shape index (κ1) is 16.1. The van der Waals surface area contributed by atoms with Gasteiger partial charge in [0.25, 0.3) is 0 Å². The smallest absolute Gasteiger partial charge is 0.335 e. The number of amides is 1. The molecule has 2 aromatic rings. The van der Waals surface area contributed by atoms with E-state index in [4.69, 9.17) is 5.11 Å². The quantitative estimate of drug-likeness (QED) is 0.854. The van der Waals surface area contributed by atoms with Gasteiger partial charge in [0.1, 0.15) is 0 Å². The Bertz CT molecular complexity index is 741. The summed E-state index contributed by atoms with van der Waals surface area (Å²) in [5, 5.41) is 11.8. The Morgan fingerprint density at radius 2 is 1.83 bits per heavy atom. The topological polar surface area (TPSA) is 69.6 Å². The maximum absolute atomic E-state index is 12.1. The minimum atomic E-state index is -0.930. The van der Waals surface area contributed by atoms with Crippen molar-refractivity contribution < 1.29 is 14.7 Å². The molecule has 1 aliphatic rings. The number of aromatic carboxylic acids is 1. The van der Waals surface area contributed by atoms with Gasteiger partial charge in [-0.1, -0.05) is 30.3 Å². The van der Waals surface area contributed by atoms with Crippen LogP contribution >= 0.6 is 0 Å². The highest BCUT2D eigenvalue weighted by atomic mass is 16.4. The highest BCUT2D eigenvalue weighted by Gasteiger charge is 2.20. The molecular formula is C19H20N2O3. The van der Waals surface area contributed by atoms with Crippen molar-refractivity contribution in [3.63, 3.8) is 0 Å². The molecule has 0 spiro atoms. The Morgan fingerprint density at radius 3 is 2.58 bits per heavy atom. The summed E-state index contributed by atoms with van der Waals surface area (Å²) in [4.78, 5) is 25.0. The molecule has 1 amide bonds. The van der Waals surface area contributed by atoms with Crippen LogP contribution in [0.3, 0.4) is 0 Å². The molecule has 2 aromatic carbocycles. The van der Waals surface area contributed by atoms with Crippen LogP contribution in [-0.2, 0) is 17.6 Å². The number of nitrogens with one attached hydrogen (secondary N) is 1. The average Bonchev–Trinajstić information content (AvgIpc) is 2.98. The maximum atomic E-state index is 12.1. The van der Waals surface area contributed by atoms with Gasteiger partial charge in [-0.05, 0) is 42.2 Å².